The highest BCUT2D eigenvalue weighted by Crippen LogP contribution is 2.19. The normalized spacial score (nSPS) is 15.7. The summed E-state index contributed by atoms with van der Waals surface area (Å²) in [6.07, 6.45) is 1.51. The van der Waals surface area contributed by atoms with Crippen LogP contribution in [0.5, 0.6) is 0 Å². The minimum Gasteiger partial charge on any atom is -0.335 e. The van der Waals surface area contributed by atoms with Crippen molar-refractivity contribution in [1.29, 1.82) is 0 Å². The van der Waals surface area contributed by atoms with Gasteiger partial charge in [-0.2, -0.15) is 5.10 Å². The number of amides is 1. The van der Waals surface area contributed by atoms with E-state index in [-0.39, 0.29) is 11.7 Å². The van der Waals surface area contributed by atoms with Gasteiger partial charge in [-0.25, -0.2) is 4.39 Å². The fourth-order valence-electron chi connectivity index (χ4n) is 2.97. The number of rotatable bonds is 4. The third-order valence-corrected chi connectivity index (χ3v) is 4.53. The predicted molar refractivity (Wildman–Crippen MR) is 90.5 cm³/mol. The van der Waals surface area contributed by atoms with Crippen molar-refractivity contribution in [1.82, 2.24) is 19.6 Å². The molecule has 1 aliphatic heterocycles. The van der Waals surface area contributed by atoms with Gasteiger partial charge in [-0.05, 0) is 24.6 Å². The van der Waals surface area contributed by atoms with E-state index in [2.05, 4.69) is 10.00 Å². The van der Waals surface area contributed by atoms with Crippen LogP contribution >= 0.6 is 11.6 Å². The third-order valence-electron chi connectivity index (χ3n) is 4.25. The maximum Gasteiger partial charge on any atom is 0.273 e. The summed E-state index contributed by atoms with van der Waals surface area (Å²) in [7, 11) is 0. The lowest BCUT2D eigenvalue weighted by Gasteiger charge is -2.34. The number of carbonyl (C=O) groups excluding carboxylic acids is 1. The average molecular weight is 351 g/mol. The van der Waals surface area contributed by atoms with Crippen LogP contribution in [0.3, 0.4) is 0 Å². The van der Waals surface area contributed by atoms with Crippen molar-refractivity contribution in [2.24, 2.45) is 0 Å². The van der Waals surface area contributed by atoms with Crippen LogP contribution in [0, 0.1) is 5.82 Å². The standard InChI is InChI=1S/C17H20ClFN4O/c1-2-23-16(15(18)11-20-23)17(24)22-8-6-21(7-9-22)12-13-4-3-5-14(19)10-13/h3-5,10-11H,2,6-9,12H2,1H3. The molecule has 0 atom stereocenters. The Morgan fingerprint density at radius 2 is 2.04 bits per heavy atom. The first-order valence-corrected chi connectivity index (χ1v) is 8.43. The smallest absolute Gasteiger partial charge is 0.273 e. The maximum atomic E-state index is 13.3. The lowest BCUT2D eigenvalue weighted by molar-refractivity contribution is 0.0616. The molecule has 3 rings (SSSR count). The number of aromatic nitrogens is 2. The number of halogens is 2. The molecule has 24 heavy (non-hydrogen) atoms. The van der Waals surface area contributed by atoms with E-state index >= 15 is 0 Å². The van der Waals surface area contributed by atoms with Crippen LogP contribution in [0.25, 0.3) is 0 Å². The Bertz CT molecular complexity index is 725. The van der Waals surface area contributed by atoms with Crippen LogP contribution in [-0.4, -0.2) is 51.7 Å². The van der Waals surface area contributed by atoms with E-state index in [0.29, 0.717) is 36.9 Å². The minimum atomic E-state index is -0.219. The molecule has 1 aliphatic rings. The molecule has 0 unspecified atom stereocenters. The van der Waals surface area contributed by atoms with Crippen LogP contribution in [0.1, 0.15) is 23.0 Å². The van der Waals surface area contributed by atoms with Crippen molar-refractivity contribution in [2.45, 2.75) is 20.0 Å². The molecule has 0 bridgehead atoms. The summed E-state index contributed by atoms with van der Waals surface area (Å²) >= 11 is 6.11. The minimum absolute atomic E-state index is 0.0789. The van der Waals surface area contributed by atoms with Gasteiger partial charge in [-0.1, -0.05) is 23.7 Å². The Kier molecular flexibility index (Phi) is 5.16. The SMILES string of the molecule is CCn1ncc(Cl)c1C(=O)N1CCN(Cc2cccc(F)c2)CC1. The Morgan fingerprint density at radius 3 is 2.71 bits per heavy atom. The van der Waals surface area contributed by atoms with Crippen molar-refractivity contribution in [3.8, 4) is 0 Å². The second-order valence-electron chi connectivity index (χ2n) is 5.86. The number of carbonyl (C=O) groups is 1. The summed E-state index contributed by atoms with van der Waals surface area (Å²) in [5, 5.41) is 4.51. The first-order valence-electron chi connectivity index (χ1n) is 8.06. The lowest BCUT2D eigenvalue weighted by atomic mass is 10.2. The van der Waals surface area contributed by atoms with Gasteiger partial charge >= 0.3 is 0 Å². The number of aryl methyl sites for hydroxylation is 1. The van der Waals surface area contributed by atoms with E-state index < -0.39 is 0 Å². The summed E-state index contributed by atoms with van der Waals surface area (Å²) in [4.78, 5) is 16.7. The molecular formula is C17H20ClFN4O. The van der Waals surface area contributed by atoms with Gasteiger partial charge in [0.25, 0.3) is 5.91 Å². The monoisotopic (exact) mass is 350 g/mol. The largest absolute Gasteiger partial charge is 0.335 e. The molecule has 5 nitrogen and oxygen atoms in total. The topological polar surface area (TPSA) is 41.4 Å². The molecule has 1 saturated heterocycles. The van der Waals surface area contributed by atoms with Gasteiger partial charge in [0.15, 0.2) is 0 Å². The van der Waals surface area contributed by atoms with Crippen LogP contribution in [-0.2, 0) is 13.1 Å². The highest BCUT2D eigenvalue weighted by Gasteiger charge is 2.26. The highest BCUT2D eigenvalue weighted by atomic mass is 35.5. The van der Waals surface area contributed by atoms with Crippen LogP contribution in [0.15, 0.2) is 30.5 Å². The van der Waals surface area contributed by atoms with Gasteiger partial charge in [0.05, 0.1) is 11.2 Å². The van der Waals surface area contributed by atoms with Crippen molar-refractivity contribution >= 4 is 17.5 Å². The number of hydrogen-bond acceptors (Lipinski definition) is 3. The van der Waals surface area contributed by atoms with E-state index in [9.17, 15) is 9.18 Å². The molecule has 1 aromatic carbocycles. The van der Waals surface area contributed by atoms with Gasteiger partial charge in [-0.15, -0.1) is 0 Å². The zero-order chi connectivity index (χ0) is 17.1. The zero-order valence-corrected chi connectivity index (χ0v) is 14.3. The molecule has 2 heterocycles. The molecule has 0 aliphatic carbocycles. The Balaban J connectivity index is 1.60. The number of benzene rings is 1. The van der Waals surface area contributed by atoms with Crippen molar-refractivity contribution in [2.75, 3.05) is 26.2 Å². The van der Waals surface area contributed by atoms with Gasteiger partial charge < -0.3 is 4.90 Å². The van der Waals surface area contributed by atoms with Crippen LogP contribution < -0.4 is 0 Å². The highest BCUT2D eigenvalue weighted by molar-refractivity contribution is 6.33. The summed E-state index contributed by atoms with van der Waals surface area (Å²) in [6.45, 7) is 5.97. The lowest BCUT2D eigenvalue weighted by Crippen LogP contribution is -2.48. The van der Waals surface area contributed by atoms with E-state index in [1.807, 2.05) is 13.0 Å². The van der Waals surface area contributed by atoms with Gasteiger partial charge in [0, 0.05) is 39.3 Å². The third kappa shape index (κ3) is 3.60. The van der Waals surface area contributed by atoms with Gasteiger partial charge in [0.1, 0.15) is 11.5 Å². The molecule has 1 amide bonds. The van der Waals surface area contributed by atoms with Crippen molar-refractivity contribution in [3.05, 3.63) is 52.6 Å². The molecule has 0 saturated carbocycles. The average Bonchev–Trinajstić information content (AvgIpc) is 2.96. The van der Waals surface area contributed by atoms with Crippen molar-refractivity contribution < 1.29 is 9.18 Å². The first kappa shape index (κ1) is 16.9. The summed E-state index contributed by atoms with van der Waals surface area (Å²) < 4.78 is 14.9. The predicted octanol–water partition coefficient (Wildman–Crippen LogP) is 2.65. The molecule has 2 aromatic rings. The van der Waals surface area contributed by atoms with E-state index in [0.717, 1.165) is 18.7 Å². The molecule has 128 valence electrons. The van der Waals surface area contributed by atoms with E-state index in [1.54, 1.807) is 21.7 Å². The summed E-state index contributed by atoms with van der Waals surface area (Å²) in [5.41, 5.74) is 1.40. The fraction of sp³-hybridized carbons (Fsp3) is 0.412. The fourth-order valence-corrected chi connectivity index (χ4v) is 3.19. The summed E-state index contributed by atoms with van der Waals surface area (Å²) in [6, 6.07) is 6.64. The van der Waals surface area contributed by atoms with Gasteiger partial charge in [-0.3, -0.25) is 14.4 Å². The Hall–Kier alpha value is -1.92. The zero-order valence-electron chi connectivity index (χ0n) is 13.6. The number of piperazine rings is 1. The molecule has 0 N–H and O–H groups in total. The quantitative estimate of drug-likeness (QED) is 0.851. The Labute approximate surface area is 145 Å². The van der Waals surface area contributed by atoms with Crippen LogP contribution in [0.2, 0.25) is 5.02 Å². The second-order valence-corrected chi connectivity index (χ2v) is 6.26. The van der Waals surface area contributed by atoms with Crippen molar-refractivity contribution in [3.63, 3.8) is 0 Å². The summed E-state index contributed by atoms with van der Waals surface area (Å²) in [5.74, 6) is -0.298. The van der Waals surface area contributed by atoms with E-state index in [1.165, 1.54) is 12.3 Å². The molecule has 1 fully saturated rings. The Morgan fingerprint density at radius 1 is 1.29 bits per heavy atom. The van der Waals surface area contributed by atoms with Crippen LogP contribution in [0.4, 0.5) is 4.39 Å². The second kappa shape index (κ2) is 7.32. The number of hydrogen-bond donors (Lipinski definition) is 0. The number of nitrogens with zero attached hydrogens (tertiary/aromatic N) is 4. The molecule has 1 aromatic heterocycles. The molecule has 0 radical (unpaired) electrons. The molecular weight excluding hydrogens is 331 g/mol. The molecule has 0 spiro atoms. The van der Waals surface area contributed by atoms with Gasteiger partial charge in [0.2, 0.25) is 0 Å². The first-order chi connectivity index (χ1) is 11.6. The molecule has 7 heteroatoms. The van der Waals surface area contributed by atoms with E-state index in [4.69, 9.17) is 11.6 Å². The maximum absolute atomic E-state index is 13.3.